The normalized spacial score (nSPS) is 17.6. The summed E-state index contributed by atoms with van der Waals surface area (Å²) in [5.41, 5.74) is 1.93. The molecule has 2 aromatic rings. The molecule has 0 radical (unpaired) electrons. The van der Waals surface area contributed by atoms with E-state index in [0.29, 0.717) is 17.7 Å². The number of carbonyl (C=O) groups is 2. The van der Waals surface area contributed by atoms with Gasteiger partial charge < -0.3 is 0 Å². The molecule has 1 atom stereocenters. The SMILES string of the molecule is Cn1ccc(C(=O)C2Cc3cc(Br)ccc3C2=O)n1. The summed E-state index contributed by atoms with van der Waals surface area (Å²) in [7, 11) is 1.75. The molecule has 1 aromatic carbocycles. The van der Waals surface area contributed by atoms with Gasteiger partial charge in [-0.2, -0.15) is 5.10 Å². The number of Topliss-reactive ketones (excluding diaryl/α,β-unsaturated/α-hetero) is 2. The van der Waals surface area contributed by atoms with E-state index in [4.69, 9.17) is 0 Å². The zero-order valence-electron chi connectivity index (χ0n) is 10.3. The number of hydrogen-bond acceptors (Lipinski definition) is 3. The van der Waals surface area contributed by atoms with Crippen LogP contribution < -0.4 is 0 Å². The quantitative estimate of drug-likeness (QED) is 0.631. The molecular weight excluding hydrogens is 308 g/mol. The topological polar surface area (TPSA) is 52.0 Å². The first-order chi connectivity index (χ1) is 9.06. The molecule has 0 fully saturated rings. The van der Waals surface area contributed by atoms with Gasteiger partial charge in [-0.15, -0.1) is 0 Å². The predicted molar refractivity (Wildman–Crippen MR) is 73.2 cm³/mol. The van der Waals surface area contributed by atoms with E-state index < -0.39 is 5.92 Å². The molecule has 0 spiro atoms. The minimum absolute atomic E-state index is 0.0989. The highest BCUT2D eigenvalue weighted by atomic mass is 79.9. The van der Waals surface area contributed by atoms with Gasteiger partial charge in [0.05, 0.1) is 5.92 Å². The lowest BCUT2D eigenvalue weighted by Gasteiger charge is -2.03. The fourth-order valence-corrected chi connectivity index (χ4v) is 2.82. The first-order valence-electron chi connectivity index (χ1n) is 5.93. The highest BCUT2D eigenvalue weighted by molar-refractivity contribution is 9.10. The zero-order valence-corrected chi connectivity index (χ0v) is 11.8. The lowest BCUT2D eigenvalue weighted by molar-refractivity contribution is 0.0818. The van der Waals surface area contributed by atoms with Crippen molar-refractivity contribution in [2.45, 2.75) is 6.42 Å². The molecule has 0 aliphatic heterocycles. The van der Waals surface area contributed by atoms with Crippen LogP contribution >= 0.6 is 15.9 Å². The van der Waals surface area contributed by atoms with Gasteiger partial charge in [-0.3, -0.25) is 14.3 Å². The zero-order chi connectivity index (χ0) is 13.6. The van der Waals surface area contributed by atoms with Crippen LogP contribution in [-0.4, -0.2) is 21.3 Å². The first-order valence-corrected chi connectivity index (χ1v) is 6.72. The van der Waals surface area contributed by atoms with Crippen molar-refractivity contribution in [1.82, 2.24) is 9.78 Å². The van der Waals surface area contributed by atoms with E-state index >= 15 is 0 Å². The fourth-order valence-electron chi connectivity index (χ4n) is 2.41. The lowest BCUT2D eigenvalue weighted by Crippen LogP contribution is -2.21. The minimum atomic E-state index is -0.626. The number of carbonyl (C=O) groups excluding carboxylic acids is 2. The van der Waals surface area contributed by atoms with Gasteiger partial charge in [0.25, 0.3) is 0 Å². The summed E-state index contributed by atoms with van der Waals surface area (Å²) in [5.74, 6) is -0.921. The van der Waals surface area contributed by atoms with E-state index in [-0.39, 0.29) is 11.6 Å². The predicted octanol–water partition coefficient (Wildman–Crippen LogP) is 2.42. The van der Waals surface area contributed by atoms with Crippen LogP contribution in [0.3, 0.4) is 0 Å². The fraction of sp³-hybridized carbons (Fsp3) is 0.214. The highest BCUT2D eigenvalue weighted by Crippen LogP contribution is 2.30. The molecule has 1 aliphatic rings. The van der Waals surface area contributed by atoms with E-state index in [0.717, 1.165) is 10.0 Å². The summed E-state index contributed by atoms with van der Waals surface area (Å²) in [6, 6.07) is 7.14. The number of aryl methyl sites for hydroxylation is 1. The Morgan fingerprint density at radius 2 is 2.21 bits per heavy atom. The second kappa shape index (κ2) is 4.42. The maximum atomic E-state index is 12.3. The maximum Gasteiger partial charge on any atom is 0.194 e. The highest BCUT2D eigenvalue weighted by Gasteiger charge is 2.36. The van der Waals surface area contributed by atoms with Gasteiger partial charge in [0.1, 0.15) is 5.69 Å². The molecule has 1 aromatic heterocycles. The van der Waals surface area contributed by atoms with Gasteiger partial charge in [-0.05, 0) is 36.2 Å². The van der Waals surface area contributed by atoms with Crippen LogP contribution in [-0.2, 0) is 13.5 Å². The molecule has 1 aliphatic carbocycles. The number of nitrogens with zero attached hydrogens (tertiary/aromatic N) is 2. The van der Waals surface area contributed by atoms with E-state index in [9.17, 15) is 9.59 Å². The Kier molecular flexibility index (Phi) is 2.86. The molecular formula is C14H11BrN2O2. The Balaban J connectivity index is 1.93. The minimum Gasteiger partial charge on any atom is -0.293 e. The van der Waals surface area contributed by atoms with Crippen molar-refractivity contribution in [2.75, 3.05) is 0 Å². The Labute approximate surface area is 118 Å². The van der Waals surface area contributed by atoms with Crippen LogP contribution in [0, 0.1) is 5.92 Å². The van der Waals surface area contributed by atoms with Crippen LogP contribution in [0.25, 0.3) is 0 Å². The van der Waals surface area contributed by atoms with E-state index in [2.05, 4.69) is 21.0 Å². The molecule has 4 nitrogen and oxygen atoms in total. The van der Waals surface area contributed by atoms with Crippen LogP contribution in [0.1, 0.15) is 26.4 Å². The van der Waals surface area contributed by atoms with E-state index in [1.165, 1.54) is 0 Å². The number of rotatable bonds is 2. The van der Waals surface area contributed by atoms with Gasteiger partial charge in [-0.25, -0.2) is 0 Å². The average Bonchev–Trinajstić information content (AvgIpc) is 2.93. The van der Waals surface area contributed by atoms with Crippen LogP contribution in [0.5, 0.6) is 0 Å². The Hall–Kier alpha value is -1.75. The number of hydrogen-bond donors (Lipinski definition) is 0. The van der Waals surface area contributed by atoms with E-state index in [1.54, 1.807) is 30.1 Å². The first kappa shape index (κ1) is 12.3. The molecule has 0 saturated heterocycles. The second-order valence-electron chi connectivity index (χ2n) is 4.66. The summed E-state index contributed by atoms with van der Waals surface area (Å²) in [6.07, 6.45) is 2.17. The molecule has 96 valence electrons. The van der Waals surface area contributed by atoms with Crippen molar-refractivity contribution < 1.29 is 9.59 Å². The summed E-state index contributed by atoms with van der Waals surface area (Å²) in [4.78, 5) is 24.6. The van der Waals surface area contributed by atoms with Crippen molar-refractivity contribution in [3.05, 3.63) is 51.8 Å². The molecule has 19 heavy (non-hydrogen) atoms. The summed E-state index contributed by atoms with van der Waals surface area (Å²) >= 11 is 3.38. The number of halogens is 1. The van der Waals surface area contributed by atoms with Crippen molar-refractivity contribution in [2.24, 2.45) is 13.0 Å². The van der Waals surface area contributed by atoms with Crippen LogP contribution in [0.4, 0.5) is 0 Å². The van der Waals surface area contributed by atoms with Gasteiger partial charge in [0.2, 0.25) is 0 Å². The molecule has 1 heterocycles. The lowest BCUT2D eigenvalue weighted by atomic mass is 9.97. The van der Waals surface area contributed by atoms with Gasteiger partial charge in [0.15, 0.2) is 11.6 Å². The van der Waals surface area contributed by atoms with Crippen molar-refractivity contribution >= 4 is 27.5 Å². The van der Waals surface area contributed by atoms with Crippen LogP contribution in [0.15, 0.2) is 34.9 Å². The second-order valence-corrected chi connectivity index (χ2v) is 5.58. The smallest absolute Gasteiger partial charge is 0.194 e. The van der Waals surface area contributed by atoms with Gasteiger partial charge in [-0.1, -0.05) is 15.9 Å². The maximum absolute atomic E-state index is 12.3. The molecule has 0 saturated carbocycles. The molecule has 0 amide bonds. The van der Waals surface area contributed by atoms with Gasteiger partial charge in [0, 0.05) is 23.3 Å². The summed E-state index contributed by atoms with van der Waals surface area (Å²) < 4.78 is 2.49. The van der Waals surface area contributed by atoms with Gasteiger partial charge >= 0.3 is 0 Å². The molecule has 5 heteroatoms. The molecule has 0 bridgehead atoms. The monoisotopic (exact) mass is 318 g/mol. The van der Waals surface area contributed by atoms with Crippen molar-refractivity contribution in [3.63, 3.8) is 0 Å². The Morgan fingerprint density at radius 3 is 2.89 bits per heavy atom. The van der Waals surface area contributed by atoms with Crippen molar-refractivity contribution in [3.8, 4) is 0 Å². The third-order valence-electron chi connectivity index (χ3n) is 3.36. The largest absolute Gasteiger partial charge is 0.293 e. The van der Waals surface area contributed by atoms with E-state index in [1.807, 2.05) is 12.1 Å². The third-order valence-corrected chi connectivity index (χ3v) is 3.85. The number of benzene rings is 1. The number of ketones is 2. The summed E-state index contributed by atoms with van der Waals surface area (Å²) in [6.45, 7) is 0. The number of fused-ring (bicyclic) bond motifs is 1. The molecule has 0 N–H and O–H groups in total. The Bertz CT molecular complexity index is 691. The van der Waals surface area contributed by atoms with Crippen LogP contribution in [0.2, 0.25) is 0 Å². The summed E-state index contributed by atoms with van der Waals surface area (Å²) in [5, 5.41) is 4.08. The third kappa shape index (κ3) is 2.04. The molecule has 1 unspecified atom stereocenters. The molecule has 3 rings (SSSR count). The number of aromatic nitrogens is 2. The van der Waals surface area contributed by atoms with Crippen molar-refractivity contribution in [1.29, 1.82) is 0 Å². The standard InChI is InChI=1S/C14H11BrN2O2/c1-17-5-4-12(16-17)14(19)11-7-8-6-9(15)2-3-10(8)13(11)18/h2-6,11H,7H2,1H3. The average molecular weight is 319 g/mol. The Morgan fingerprint density at radius 1 is 1.42 bits per heavy atom.